The Hall–Kier alpha value is -0.630. The molecule has 0 amide bonds. The Morgan fingerprint density at radius 2 is 2.12 bits per heavy atom. The van der Waals surface area contributed by atoms with Gasteiger partial charge in [0.1, 0.15) is 5.54 Å². The van der Waals surface area contributed by atoms with Crippen molar-refractivity contribution in [1.82, 2.24) is 9.80 Å². The largest absolute Gasteiger partial charge is 0.314 e. The number of hydrogen-bond acceptors (Lipinski definition) is 4. The van der Waals surface area contributed by atoms with Gasteiger partial charge in [-0.05, 0) is 46.7 Å². The monoisotopic (exact) mass is 238 g/mol. The molecule has 2 N–H and O–H groups in total. The van der Waals surface area contributed by atoms with E-state index in [2.05, 4.69) is 29.8 Å². The molecule has 0 aliphatic carbocycles. The summed E-state index contributed by atoms with van der Waals surface area (Å²) in [5.74, 6) is 0. The summed E-state index contributed by atoms with van der Waals surface area (Å²) in [6.07, 6.45) is 2.99. The first kappa shape index (κ1) is 14.4. The molecule has 4 nitrogen and oxygen atoms in total. The van der Waals surface area contributed by atoms with E-state index in [-0.39, 0.29) is 0 Å². The van der Waals surface area contributed by atoms with Gasteiger partial charge in [0.05, 0.1) is 6.07 Å². The fourth-order valence-corrected chi connectivity index (χ4v) is 2.21. The van der Waals surface area contributed by atoms with Crippen LogP contribution in [0.5, 0.6) is 0 Å². The molecule has 0 aromatic carbocycles. The van der Waals surface area contributed by atoms with Crippen LogP contribution in [-0.2, 0) is 0 Å². The predicted octanol–water partition coefficient (Wildman–Crippen LogP) is 1.03. The van der Waals surface area contributed by atoms with Crippen LogP contribution in [0.3, 0.4) is 0 Å². The van der Waals surface area contributed by atoms with Crippen molar-refractivity contribution in [2.24, 2.45) is 5.73 Å². The van der Waals surface area contributed by atoms with Crippen molar-refractivity contribution in [2.75, 3.05) is 33.2 Å². The summed E-state index contributed by atoms with van der Waals surface area (Å²) in [6.45, 7) is 8.71. The Bertz CT molecular complexity index is 269. The maximum atomic E-state index is 8.82. The topological polar surface area (TPSA) is 56.3 Å². The Morgan fingerprint density at radius 3 is 2.71 bits per heavy atom. The number of hydrogen-bond donors (Lipinski definition) is 1. The second kappa shape index (κ2) is 6.34. The molecule has 0 saturated carbocycles. The number of likely N-dealkylation sites (N-methyl/N-ethyl adjacent to an activating group) is 1. The number of nitrogens with two attached hydrogens (primary N) is 1. The number of piperazine rings is 1. The zero-order valence-electron chi connectivity index (χ0n) is 11.4. The van der Waals surface area contributed by atoms with Crippen LogP contribution in [0.25, 0.3) is 0 Å². The summed E-state index contributed by atoms with van der Waals surface area (Å²) in [5, 5.41) is 8.82. The molecule has 98 valence electrons. The normalized spacial score (nSPS) is 26.4. The zero-order chi connectivity index (χ0) is 12.9. The van der Waals surface area contributed by atoms with Crippen LogP contribution in [0.2, 0.25) is 0 Å². The van der Waals surface area contributed by atoms with Gasteiger partial charge in [0.25, 0.3) is 0 Å². The fourth-order valence-electron chi connectivity index (χ4n) is 2.21. The lowest BCUT2D eigenvalue weighted by Crippen LogP contribution is -2.50. The third-order valence-corrected chi connectivity index (χ3v) is 3.72. The summed E-state index contributed by atoms with van der Waals surface area (Å²) in [6, 6.07) is 2.81. The van der Waals surface area contributed by atoms with Gasteiger partial charge in [-0.1, -0.05) is 0 Å². The van der Waals surface area contributed by atoms with Crippen molar-refractivity contribution in [3.8, 4) is 6.07 Å². The first-order chi connectivity index (χ1) is 7.94. The van der Waals surface area contributed by atoms with Crippen molar-refractivity contribution in [3.05, 3.63) is 0 Å². The lowest BCUT2D eigenvalue weighted by atomic mass is 9.98. The maximum Gasteiger partial charge on any atom is 0.101 e. The fraction of sp³-hybridized carbons (Fsp3) is 0.923. The predicted molar refractivity (Wildman–Crippen MR) is 70.6 cm³/mol. The van der Waals surface area contributed by atoms with Gasteiger partial charge < -0.3 is 15.5 Å². The van der Waals surface area contributed by atoms with Gasteiger partial charge in [-0.25, -0.2) is 0 Å². The summed E-state index contributed by atoms with van der Waals surface area (Å²) < 4.78 is 0. The number of rotatable bonds is 5. The molecule has 2 atom stereocenters. The number of unbranched alkanes of at least 4 members (excludes halogenated alkanes) is 1. The second-order valence-corrected chi connectivity index (χ2v) is 5.62. The quantitative estimate of drug-likeness (QED) is 0.727. The molecule has 1 rings (SSSR count). The van der Waals surface area contributed by atoms with Gasteiger partial charge in [-0.3, -0.25) is 0 Å². The second-order valence-electron chi connectivity index (χ2n) is 5.62. The molecule has 2 unspecified atom stereocenters. The highest BCUT2D eigenvalue weighted by molar-refractivity contribution is 5.00. The Labute approximate surface area is 105 Å². The van der Waals surface area contributed by atoms with E-state index in [1.54, 1.807) is 0 Å². The number of nitriles is 1. The first-order valence-electron chi connectivity index (χ1n) is 6.57. The van der Waals surface area contributed by atoms with Crippen LogP contribution >= 0.6 is 0 Å². The zero-order valence-corrected chi connectivity index (χ0v) is 11.4. The molecule has 1 aliphatic rings. The van der Waals surface area contributed by atoms with E-state index in [1.165, 1.54) is 6.54 Å². The molecule has 0 spiro atoms. The standard InChI is InChI=1S/C13H26N4/c1-12-10-17(9-8-16(12)3)7-5-4-6-13(2,15)11-14/h12H,4-10,15H2,1-3H3. The molecule has 0 aromatic heterocycles. The smallest absolute Gasteiger partial charge is 0.101 e. The highest BCUT2D eigenvalue weighted by atomic mass is 15.3. The van der Waals surface area contributed by atoms with Crippen LogP contribution < -0.4 is 5.73 Å². The van der Waals surface area contributed by atoms with Gasteiger partial charge in [-0.2, -0.15) is 5.26 Å². The summed E-state index contributed by atoms with van der Waals surface area (Å²) in [4.78, 5) is 4.92. The maximum absolute atomic E-state index is 8.82. The summed E-state index contributed by atoms with van der Waals surface area (Å²) in [5.41, 5.74) is 5.15. The Balaban J connectivity index is 2.14. The summed E-state index contributed by atoms with van der Waals surface area (Å²) in [7, 11) is 2.19. The molecule has 1 aliphatic heterocycles. The molecule has 1 saturated heterocycles. The van der Waals surface area contributed by atoms with Gasteiger partial charge >= 0.3 is 0 Å². The van der Waals surface area contributed by atoms with Crippen LogP contribution in [-0.4, -0.2) is 54.6 Å². The van der Waals surface area contributed by atoms with Crippen molar-refractivity contribution < 1.29 is 0 Å². The average molecular weight is 238 g/mol. The molecular formula is C13H26N4. The molecule has 17 heavy (non-hydrogen) atoms. The number of nitrogens with zero attached hydrogens (tertiary/aromatic N) is 3. The highest BCUT2D eigenvalue weighted by Crippen LogP contribution is 2.12. The van der Waals surface area contributed by atoms with Gasteiger partial charge in [0, 0.05) is 25.7 Å². The molecule has 4 heteroatoms. The molecule has 0 radical (unpaired) electrons. The van der Waals surface area contributed by atoms with Crippen LogP contribution in [0.4, 0.5) is 0 Å². The van der Waals surface area contributed by atoms with E-state index in [0.717, 1.165) is 38.9 Å². The highest BCUT2D eigenvalue weighted by Gasteiger charge is 2.20. The third kappa shape index (κ3) is 5.03. The van der Waals surface area contributed by atoms with Crippen molar-refractivity contribution in [2.45, 2.75) is 44.7 Å². The molecule has 1 heterocycles. The average Bonchev–Trinajstić information content (AvgIpc) is 2.29. The minimum Gasteiger partial charge on any atom is -0.314 e. The Morgan fingerprint density at radius 1 is 1.41 bits per heavy atom. The van der Waals surface area contributed by atoms with E-state index in [9.17, 15) is 0 Å². The molecular weight excluding hydrogens is 212 g/mol. The van der Waals surface area contributed by atoms with Crippen molar-refractivity contribution in [1.29, 1.82) is 5.26 Å². The van der Waals surface area contributed by atoms with E-state index >= 15 is 0 Å². The van der Waals surface area contributed by atoms with E-state index in [4.69, 9.17) is 11.0 Å². The third-order valence-electron chi connectivity index (χ3n) is 3.72. The Kier molecular flexibility index (Phi) is 5.38. The molecule has 0 aromatic rings. The van der Waals surface area contributed by atoms with E-state index in [1.807, 2.05) is 6.92 Å². The molecule has 0 bridgehead atoms. The van der Waals surface area contributed by atoms with Crippen LogP contribution in [0.15, 0.2) is 0 Å². The van der Waals surface area contributed by atoms with Gasteiger partial charge in [-0.15, -0.1) is 0 Å². The SMILES string of the molecule is CC1CN(CCCCC(C)(N)C#N)CCN1C. The van der Waals surface area contributed by atoms with Crippen LogP contribution in [0.1, 0.15) is 33.1 Å². The lowest BCUT2D eigenvalue weighted by molar-refractivity contribution is 0.103. The van der Waals surface area contributed by atoms with Crippen molar-refractivity contribution in [3.63, 3.8) is 0 Å². The van der Waals surface area contributed by atoms with Gasteiger partial charge in [0.2, 0.25) is 0 Å². The minimum absolute atomic E-state index is 0.643. The minimum atomic E-state index is -0.643. The first-order valence-corrected chi connectivity index (χ1v) is 6.57. The molecule has 1 fully saturated rings. The summed E-state index contributed by atoms with van der Waals surface area (Å²) >= 11 is 0. The van der Waals surface area contributed by atoms with E-state index in [0.29, 0.717) is 6.04 Å². The van der Waals surface area contributed by atoms with Crippen LogP contribution in [0, 0.1) is 11.3 Å². The van der Waals surface area contributed by atoms with E-state index < -0.39 is 5.54 Å². The van der Waals surface area contributed by atoms with Gasteiger partial charge in [0.15, 0.2) is 0 Å². The van der Waals surface area contributed by atoms with Crippen molar-refractivity contribution >= 4 is 0 Å². The lowest BCUT2D eigenvalue weighted by Gasteiger charge is -2.37.